The molecule has 1 aliphatic heterocycles. The molecule has 6 nitrogen and oxygen atoms in total. The Morgan fingerprint density at radius 2 is 1.77 bits per heavy atom. The van der Waals surface area contributed by atoms with Gasteiger partial charge in [-0.3, -0.25) is 4.79 Å². The van der Waals surface area contributed by atoms with Crippen molar-refractivity contribution in [1.82, 2.24) is 0 Å². The van der Waals surface area contributed by atoms with Gasteiger partial charge in [-0.1, -0.05) is 46.3 Å². The lowest BCUT2D eigenvalue weighted by molar-refractivity contribution is -0.112. The van der Waals surface area contributed by atoms with Crippen molar-refractivity contribution in [3.05, 3.63) is 82.3 Å². The lowest BCUT2D eigenvalue weighted by Crippen LogP contribution is -2.14. The van der Waals surface area contributed by atoms with Crippen LogP contribution in [0, 0.1) is 11.3 Å². The molecule has 1 aliphatic rings. The van der Waals surface area contributed by atoms with Crippen LogP contribution in [0.3, 0.4) is 0 Å². The van der Waals surface area contributed by atoms with Crippen LogP contribution in [-0.2, 0) is 4.79 Å². The highest BCUT2D eigenvalue weighted by Crippen LogP contribution is 2.38. The Kier molecular flexibility index (Phi) is 5.68. The second kappa shape index (κ2) is 8.72. The summed E-state index contributed by atoms with van der Waals surface area (Å²) < 4.78 is 17.2. The highest BCUT2D eigenvalue weighted by atomic mass is 79.9. The van der Waals surface area contributed by atoms with Gasteiger partial charge in [0.2, 0.25) is 6.79 Å². The molecule has 4 rings (SSSR count). The molecule has 0 aliphatic carbocycles. The van der Waals surface area contributed by atoms with Gasteiger partial charge in [-0.05, 0) is 48.0 Å². The zero-order valence-corrected chi connectivity index (χ0v) is 17.2. The SMILES string of the molecule is N#C/C(=C\c1cc2c(cc1Br)OCO2)C(=O)Nc1ccccc1Oc1ccccc1. The lowest BCUT2D eigenvalue weighted by atomic mass is 10.1. The number of rotatable bonds is 5. The van der Waals surface area contributed by atoms with E-state index in [1.54, 1.807) is 36.4 Å². The number of fused-ring (bicyclic) bond motifs is 1. The lowest BCUT2D eigenvalue weighted by Gasteiger charge is -2.12. The van der Waals surface area contributed by atoms with Gasteiger partial charge in [-0.2, -0.15) is 5.26 Å². The zero-order chi connectivity index (χ0) is 20.9. The highest BCUT2D eigenvalue weighted by molar-refractivity contribution is 9.10. The number of hydrogen-bond donors (Lipinski definition) is 1. The normalized spacial score (nSPS) is 12.2. The Morgan fingerprint density at radius 1 is 1.07 bits per heavy atom. The van der Waals surface area contributed by atoms with Crippen molar-refractivity contribution in [2.45, 2.75) is 0 Å². The second-order valence-corrected chi connectivity index (χ2v) is 7.12. The third-order valence-electron chi connectivity index (χ3n) is 4.26. The van der Waals surface area contributed by atoms with Crippen LogP contribution in [0.1, 0.15) is 5.56 Å². The molecule has 0 atom stereocenters. The second-order valence-electron chi connectivity index (χ2n) is 6.26. The van der Waals surface area contributed by atoms with Gasteiger partial charge in [0.25, 0.3) is 5.91 Å². The first-order valence-electron chi connectivity index (χ1n) is 8.98. The van der Waals surface area contributed by atoms with Crippen LogP contribution in [0.2, 0.25) is 0 Å². The number of nitrogens with one attached hydrogen (secondary N) is 1. The van der Waals surface area contributed by atoms with E-state index in [0.717, 1.165) is 0 Å². The summed E-state index contributed by atoms with van der Waals surface area (Å²) in [5, 5.41) is 12.3. The van der Waals surface area contributed by atoms with Crippen LogP contribution in [0.15, 0.2) is 76.8 Å². The molecule has 0 aromatic heterocycles. The van der Waals surface area contributed by atoms with Gasteiger partial charge in [0.1, 0.15) is 17.4 Å². The molecule has 1 N–H and O–H groups in total. The van der Waals surface area contributed by atoms with Crippen LogP contribution >= 0.6 is 15.9 Å². The number of para-hydroxylation sites is 3. The summed E-state index contributed by atoms with van der Waals surface area (Å²) in [6.45, 7) is 0.138. The van der Waals surface area contributed by atoms with E-state index >= 15 is 0 Å². The van der Waals surface area contributed by atoms with E-state index in [1.807, 2.05) is 36.4 Å². The number of carbonyl (C=O) groups excluding carboxylic acids is 1. The molecule has 3 aromatic rings. The topological polar surface area (TPSA) is 80.6 Å². The largest absolute Gasteiger partial charge is 0.455 e. The first-order valence-corrected chi connectivity index (χ1v) is 9.77. The fraction of sp³-hybridized carbons (Fsp3) is 0.0435. The maximum atomic E-state index is 12.8. The number of hydrogen-bond acceptors (Lipinski definition) is 5. The number of benzene rings is 3. The van der Waals surface area contributed by atoms with Crippen LogP contribution < -0.4 is 19.5 Å². The number of carbonyl (C=O) groups is 1. The van der Waals surface area contributed by atoms with E-state index in [4.69, 9.17) is 14.2 Å². The van der Waals surface area contributed by atoms with Crippen LogP contribution in [0.4, 0.5) is 5.69 Å². The third kappa shape index (κ3) is 4.29. The average molecular weight is 463 g/mol. The Bertz CT molecular complexity index is 1170. The van der Waals surface area contributed by atoms with E-state index in [2.05, 4.69) is 21.2 Å². The van der Waals surface area contributed by atoms with Crippen molar-refractivity contribution in [2.75, 3.05) is 12.1 Å². The van der Waals surface area contributed by atoms with Gasteiger partial charge < -0.3 is 19.5 Å². The van der Waals surface area contributed by atoms with Crippen LogP contribution in [0.5, 0.6) is 23.0 Å². The minimum atomic E-state index is -0.550. The molecular formula is C23H15BrN2O4. The fourth-order valence-corrected chi connectivity index (χ4v) is 3.25. The summed E-state index contributed by atoms with van der Waals surface area (Å²) >= 11 is 3.43. The molecule has 3 aromatic carbocycles. The summed E-state index contributed by atoms with van der Waals surface area (Å²) in [6, 6.07) is 21.7. The van der Waals surface area contributed by atoms with E-state index in [9.17, 15) is 10.1 Å². The Labute approximate surface area is 181 Å². The van der Waals surface area contributed by atoms with E-state index in [-0.39, 0.29) is 12.4 Å². The van der Waals surface area contributed by atoms with E-state index in [0.29, 0.717) is 38.7 Å². The van der Waals surface area contributed by atoms with Crippen LogP contribution in [0.25, 0.3) is 6.08 Å². The summed E-state index contributed by atoms with van der Waals surface area (Å²) in [6.07, 6.45) is 1.49. The molecule has 0 bridgehead atoms. The summed E-state index contributed by atoms with van der Waals surface area (Å²) in [4.78, 5) is 12.8. The minimum absolute atomic E-state index is 0.0657. The third-order valence-corrected chi connectivity index (χ3v) is 4.95. The van der Waals surface area contributed by atoms with Crippen molar-refractivity contribution < 1.29 is 19.0 Å². The smallest absolute Gasteiger partial charge is 0.266 e. The van der Waals surface area contributed by atoms with E-state index in [1.165, 1.54) is 6.08 Å². The molecule has 0 radical (unpaired) electrons. The number of halogens is 1. The first-order chi connectivity index (χ1) is 14.6. The molecular weight excluding hydrogens is 448 g/mol. The quantitative estimate of drug-likeness (QED) is 0.399. The zero-order valence-electron chi connectivity index (χ0n) is 15.6. The summed E-state index contributed by atoms with van der Waals surface area (Å²) in [7, 11) is 0. The van der Waals surface area contributed by atoms with Gasteiger partial charge in [-0.15, -0.1) is 0 Å². The Morgan fingerprint density at radius 3 is 2.53 bits per heavy atom. The number of ether oxygens (including phenoxy) is 3. The predicted molar refractivity (Wildman–Crippen MR) is 115 cm³/mol. The molecule has 7 heteroatoms. The van der Waals surface area contributed by atoms with Gasteiger partial charge >= 0.3 is 0 Å². The molecule has 0 saturated carbocycles. The number of nitriles is 1. The molecule has 1 amide bonds. The molecule has 0 saturated heterocycles. The van der Waals surface area contributed by atoms with Crippen LogP contribution in [-0.4, -0.2) is 12.7 Å². The van der Waals surface area contributed by atoms with Crippen molar-refractivity contribution >= 4 is 33.6 Å². The number of anilines is 1. The molecule has 0 fully saturated rings. The Hall–Kier alpha value is -3.76. The monoisotopic (exact) mass is 462 g/mol. The molecule has 0 spiro atoms. The maximum absolute atomic E-state index is 12.8. The van der Waals surface area contributed by atoms with E-state index < -0.39 is 5.91 Å². The van der Waals surface area contributed by atoms with Crippen molar-refractivity contribution in [3.8, 4) is 29.1 Å². The average Bonchev–Trinajstić information content (AvgIpc) is 3.21. The fourth-order valence-electron chi connectivity index (χ4n) is 2.81. The molecule has 1 heterocycles. The van der Waals surface area contributed by atoms with Crippen molar-refractivity contribution in [3.63, 3.8) is 0 Å². The summed E-state index contributed by atoms with van der Waals surface area (Å²) in [5.74, 6) is 1.72. The highest BCUT2D eigenvalue weighted by Gasteiger charge is 2.18. The maximum Gasteiger partial charge on any atom is 0.266 e. The minimum Gasteiger partial charge on any atom is -0.455 e. The Balaban J connectivity index is 1.58. The van der Waals surface area contributed by atoms with Gasteiger partial charge in [0.15, 0.2) is 17.2 Å². The van der Waals surface area contributed by atoms with Gasteiger partial charge in [0, 0.05) is 4.47 Å². The molecule has 30 heavy (non-hydrogen) atoms. The van der Waals surface area contributed by atoms with Crippen molar-refractivity contribution in [1.29, 1.82) is 5.26 Å². The standard InChI is InChI=1S/C23H15BrN2O4/c24-18-12-22-21(28-14-29-22)11-15(18)10-16(13-25)23(27)26-19-8-4-5-9-20(19)30-17-6-2-1-3-7-17/h1-12H,14H2,(H,26,27)/b16-10+. The predicted octanol–water partition coefficient (Wildman–Crippen LogP) is 5.52. The molecule has 0 unspecified atom stereocenters. The van der Waals surface area contributed by atoms with Gasteiger partial charge in [0.05, 0.1) is 5.69 Å². The summed E-state index contributed by atoms with van der Waals surface area (Å²) in [5.41, 5.74) is 1.01. The first kappa shape index (κ1) is 19.6. The van der Waals surface area contributed by atoms with Crippen molar-refractivity contribution in [2.24, 2.45) is 0 Å². The molecule has 148 valence electrons. The number of amides is 1. The number of nitrogens with zero attached hydrogens (tertiary/aromatic N) is 1. The van der Waals surface area contributed by atoms with Gasteiger partial charge in [-0.25, -0.2) is 0 Å².